The van der Waals surface area contributed by atoms with Crippen molar-refractivity contribution in [3.8, 4) is 0 Å². The maximum Gasteiger partial charge on any atom is 0.417 e. The number of alkyl halides is 3. The molecule has 2 rings (SSSR count). The first kappa shape index (κ1) is 21.0. The van der Waals surface area contributed by atoms with Crippen molar-refractivity contribution in [2.24, 2.45) is 0 Å². The summed E-state index contributed by atoms with van der Waals surface area (Å²) in [6, 6.07) is 7.62. The number of para-hydroxylation sites is 1. The first-order valence-electron chi connectivity index (χ1n) is 7.28. The van der Waals surface area contributed by atoms with Crippen LogP contribution >= 0.6 is 11.6 Å². The average molecular weight is 425 g/mol. The Bertz CT molecular complexity index is 964. The van der Waals surface area contributed by atoms with E-state index in [9.17, 15) is 30.8 Å². The Morgan fingerprint density at radius 3 is 2.37 bits per heavy atom. The second-order valence-corrected chi connectivity index (χ2v) is 7.77. The van der Waals surface area contributed by atoms with E-state index in [0.29, 0.717) is 10.4 Å². The molecule has 0 radical (unpaired) electrons. The van der Waals surface area contributed by atoms with E-state index in [2.05, 4.69) is 5.32 Å². The summed E-state index contributed by atoms with van der Waals surface area (Å²) in [5.41, 5.74) is -1.84. The monoisotopic (exact) mass is 424 g/mol. The molecule has 0 spiro atoms. The van der Waals surface area contributed by atoms with Crippen molar-refractivity contribution >= 4 is 38.9 Å². The van der Waals surface area contributed by atoms with E-state index in [-0.39, 0.29) is 5.69 Å². The maximum atomic E-state index is 13.6. The fourth-order valence-electron chi connectivity index (χ4n) is 2.17. The highest BCUT2D eigenvalue weighted by Gasteiger charge is 2.34. The molecule has 0 atom stereocenters. The van der Waals surface area contributed by atoms with E-state index in [0.717, 1.165) is 24.5 Å². The number of halogens is 5. The number of carbonyl (C=O) groups is 1. The molecule has 0 fully saturated rings. The Balaban J connectivity index is 2.35. The number of nitrogens with zero attached hydrogens (tertiary/aromatic N) is 1. The van der Waals surface area contributed by atoms with Gasteiger partial charge in [0.15, 0.2) is 0 Å². The molecule has 0 aliphatic carbocycles. The molecule has 1 amide bonds. The lowest BCUT2D eigenvalue weighted by atomic mass is 10.2. The van der Waals surface area contributed by atoms with Gasteiger partial charge in [-0.1, -0.05) is 23.7 Å². The van der Waals surface area contributed by atoms with Gasteiger partial charge in [-0.05, 0) is 30.3 Å². The van der Waals surface area contributed by atoms with Gasteiger partial charge in [0, 0.05) is 0 Å². The first-order chi connectivity index (χ1) is 12.4. The van der Waals surface area contributed by atoms with E-state index in [1.165, 1.54) is 18.2 Å². The van der Waals surface area contributed by atoms with Crippen LogP contribution < -0.4 is 9.62 Å². The molecule has 2 aromatic rings. The lowest BCUT2D eigenvalue weighted by molar-refractivity contribution is -0.137. The van der Waals surface area contributed by atoms with Crippen LogP contribution in [0.2, 0.25) is 5.02 Å². The molecule has 0 aliphatic heterocycles. The second kappa shape index (κ2) is 7.73. The number of benzene rings is 2. The van der Waals surface area contributed by atoms with Crippen LogP contribution in [0.1, 0.15) is 5.56 Å². The SMILES string of the molecule is CS(=O)(=O)N(CC(=O)Nc1ccccc1F)c1ccc(Cl)c(C(F)(F)F)c1. The molecule has 1 N–H and O–H groups in total. The van der Waals surface area contributed by atoms with Crippen molar-refractivity contribution in [1.29, 1.82) is 0 Å². The third kappa shape index (κ3) is 5.33. The van der Waals surface area contributed by atoms with Crippen LogP contribution in [0, 0.1) is 5.82 Å². The minimum atomic E-state index is -4.81. The van der Waals surface area contributed by atoms with E-state index >= 15 is 0 Å². The van der Waals surface area contributed by atoms with E-state index in [4.69, 9.17) is 11.6 Å². The van der Waals surface area contributed by atoms with Crippen molar-refractivity contribution in [3.63, 3.8) is 0 Å². The molecule has 0 aliphatic rings. The topological polar surface area (TPSA) is 66.5 Å². The smallest absolute Gasteiger partial charge is 0.322 e. The largest absolute Gasteiger partial charge is 0.417 e. The lowest BCUT2D eigenvalue weighted by Crippen LogP contribution is -2.37. The number of carbonyl (C=O) groups excluding carboxylic acids is 1. The Kier molecular flexibility index (Phi) is 6.01. The van der Waals surface area contributed by atoms with Crippen molar-refractivity contribution in [1.82, 2.24) is 0 Å². The molecule has 0 bridgehead atoms. The summed E-state index contributed by atoms with van der Waals surface area (Å²) in [6.45, 7) is -0.855. The number of anilines is 2. The summed E-state index contributed by atoms with van der Waals surface area (Å²) in [5, 5.41) is 1.56. The minimum absolute atomic E-state index is 0.192. The van der Waals surface area contributed by atoms with Crippen LogP contribution in [0.5, 0.6) is 0 Å². The van der Waals surface area contributed by atoms with Crippen molar-refractivity contribution in [3.05, 3.63) is 58.9 Å². The standard InChI is InChI=1S/C16H13ClF4N2O3S/c1-27(25,26)23(9-15(24)22-14-5-3-2-4-13(14)18)10-6-7-12(17)11(8-10)16(19,20)21/h2-8H,9H2,1H3,(H,22,24). The molecule has 0 saturated heterocycles. The van der Waals surface area contributed by atoms with E-state index in [1.807, 2.05) is 0 Å². The van der Waals surface area contributed by atoms with Crippen LogP contribution in [0.4, 0.5) is 28.9 Å². The highest BCUT2D eigenvalue weighted by molar-refractivity contribution is 7.92. The molecule has 5 nitrogen and oxygen atoms in total. The highest BCUT2D eigenvalue weighted by atomic mass is 35.5. The second-order valence-electron chi connectivity index (χ2n) is 5.46. The third-order valence-corrected chi connectivity index (χ3v) is 4.85. The summed E-state index contributed by atoms with van der Waals surface area (Å²) in [4.78, 5) is 12.1. The molecule has 0 heterocycles. The van der Waals surface area contributed by atoms with Gasteiger partial charge in [-0.25, -0.2) is 12.8 Å². The van der Waals surface area contributed by atoms with Gasteiger partial charge in [-0.3, -0.25) is 9.10 Å². The molecule has 11 heteroatoms. The Morgan fingerprint density at radius 2 is 1.81 bits per heavy atom. The summed E-state index contributed by atoms with van der Waals surface area (Å²) >= 11 is 5.52. The Labute approximate surface area is 157 Å². The van der Waals surface area contributed by atoms with Gasteiger partial charge in [0.1, 0.15) is 12.4 Å². The van der Waals surface area contributed by atoms with Crippen molar-refractivity contribution in [2.75, 3.05) is 22.4 Å². The molecule has 146 valence electrons. The molecular weight excluding hydrogens is 412 g/mol. The summed E-state index contributed by atoms with van der Waals surface area (Å²) in [6.07, 6.45) is -4.09. The number of hydrogen-bond acceptors (Lipinski definition) is 3. The molecule has 27 heavy (non-hydrogen) atoms. The van der Waals surface area contributed by atoms with Crippen LogP contribution in [0.3, 0.4) is 0 Å². The Morgan fingerprint density at radius 1 is 1.19 bits per heavy atom. The van der Waals surface area contributed by atoms with E-state index in [1.54, 1.807) is 0 Å². The highest BCUT2D eigenvalue weighted by Crippen LogP contribution is 2.37. The summed E-state index contributed by atoms with van der Waals surface area (Å²) in [7, 11) is -4.12. The number of sulfonamides is 1. The van der Waals surface area contributed by atoms with Crippen LogP contribution in [0.25, 0.3) is 0 Å². The quantitative estimate of drug-likeness (QED) is 0.740. The van der Waals surface area contributed by atoms with Crippen LogP contribution in [-0.2, 0) is 21.0 Å². The number of rotatable bonds is 5. The van der Waals surface area contributed by atoms with Crippen LogP contribution in [0.15, 0.2) is 42.5 Å². The third-order valence-electron chi connectivity index (χ3n) is 3.38. The van der Waals surface area contributed by atoms with Gasteiger partial charge in [-0.2, -0.15) is 13.2 Å². The molecular formula is C16H13ClF4N2O3S. The van der Waals surface area contributed by atoms with E-state index < -0.39 is 50.7 Å². The molecule has 0 aromatic heterocycles. The zero-order chi connectivity index (χ0) is 20.4. The van der Waals surface area contributed by atoms with Gasteiger partial charge in [0.25, 0.3) is 0 Å². The number of nitrogens with one attached hydrogen (secondary N) is 1. The van der Waals surface area contributed by atoms with Crippen molar-refractivity contribution in [2.45, 2.75) is 6.18 Å². The van der Waals surface area contributed by atoms with Crippen molar-refractivity contribution < 1.29 is 30.8 Å². The fraction of sp³-hybridized carbons (Fsp3) is 0.188. The predicted octanol–water partition coefficient (Wildman–Crippen LogP) is 3.90. The van der Waals surface area contributed by atoms with Gasteiger partial charge in [0.05, 0.1) is 28.2 Å². The maximum absolute atomic E-state index is 13.6. The summed E-state index contributed by atoms with van der Waals surface area (Å²) in [5.74, 6) is -1.68. The zero-order valence-electron chi connectivity index (χ0n) is 13.7. The Hall–Kier alpha value is -2.33. The van der Waals surface area contributed by atoms with Crippen LogP contribution in [-0.4, -0.2) is 27.1 Å². The van der Waals surface area contributed by atoms with Gasteiger partial charge in [-0.15, -0.1) is 0 Å². The zero-order valence-corrected chi connectivity index (χ0v) is 15.3. The minimum Gasteiger partial charge on any atom is -0.322 e. The normalized spacial score (nSPS) is 11.9. The fourth-order valence-corrected chi connectivity index (χ4v) is 3.24. The first-order valence-corrected chi connectivity index (χ1v) is 9.51. The summed E-state index contributed by atoms with van der Waals surface area (Å²) < 4.78 is 77.1. The molecule has 0 saturated carbocycles. The predicted molar refractivity (Wildman–Crippen MR) is 93.7 cm³/mol. The molecule has 0 unspecified atom stereocenters. The van der Waals surface area contributed by atoms with Gasteiger partial charge < -0.3 is 5.32 Å². The molecule has 2 aromatic carbocycles. The number of amides is 1. The number of hydrogen-bond donors (Lipinski definition) is 1. The average Bonchev–Trinajstić information content (AvgIpc) is 2.53. The lowest BCUT2D eigenvalue weighted by Gasteiger charge is -2.23. The van der Waals surface area contributed by atoms with Gasteiger partial charge >= 0.3 is 6.18 Å². The van der Waals surface area contributed by atoms with Gasteiger partial charge in [0.2, 0.25) is 15.9 Å².